The summed E-state index contributed by atoms with van der Waals surface area (Å²) in [6, 6.07) is 5.47. The van der Waals surface area contributed by atoms with Crippen molar-refractivity contribution < 1.29 is 18.3 Å². The number of hydrogen-bond donors (Lipinski definition) is 2. The Hall–Kier alpha value is -0.570. The van der Waals surface area contributed by atoms with E-state index in [0.29, 0.717) is 5.75 Å². The van der Waals surface area contributed by atoms with E-state index < -0.39 is 26.4 Å². The molecule has 0 aliphatic carbocycles. The summed E-state index contributed by atoms with van der Waals surface area (Å²) in [6.07, 6.45) is 0.236. The van der Waals surface area contributed by atoms with Crippen molar-refractivity contribution in [3.63, 3.8) is 0 Å². The average Bonchev–Trinajstić information content (AvgIpc) is 2.38. The molecule has 112 valence electrons. The van der Waals surface area contributed by atoms with Crippen LogP contribution in [-0.4, -0.2) is 35.9 Å². The lowest BCUT2D eigenvalue weighted by atomic mass is 10.2. The zero-order valence-corrected chi connectivity index (χ0v) is 14.0. The van der Waals surface area contributed by atoms with E-state index in [2.05, 4.69) is 15.9 Å². The maximum atomic E-state index is 12.3. The standard InChI is InChI=1S/C12H16BrNO4S2/c1-8(19-7-6-11(14)12(15)16)20(17,18)10-4-2-9(13)3-5-10/h2-5,8,11H,6-7,14H2,1H3,(H,15,16)/t8?,11-/m0/s1. The van der Waals surface area contributed by atoms with Gasteiger partial charge in [-0.3, -0.25) is 4.79 Å². The van der Waals surface area contributed by atoms with Gasteiger partial charge in [0.25, 0.3) is 0 Å². The SMILES string of the molecule is CC(SCC[C@H](N)C(=O)O)S(=O)(=O)c1ccc(Br)cc1. The first-order chi connectivity index (χ1) is 9.25. The number of halogens is 1. The van der Waals surface area contributed by atoms with E-state index >= 15 is 0 Å². The van der Waals surface area contributed by atoms with Gasteiger partial charge in [0, 0.05) is 4.47 Å². The third kappa shape index (κ3) is 4.76. The maximum Gasteiger partial charge on any atom is 0.320 e. The Kier molecular flexibility index (Phi) is 6.50. The normalized spacial score (nSPS) is 14.8. The van der Waals surface area contributed by atoms with Crippen molar-refractivity contribution >= 4 is 43.5 Å². The minimum absolute atomic E-state index is 0.236. The molecule has 1 unspecified atom stereocenters. The molecule has 0 aliphatic heterocycles. The summed E-state index contributed by atoms with van der Waals surface area (Å²) in [4.78, 5) is 10.8. The Morgan fingerprint density at radius 1 is 1.40 bits per heavy atom. The van der Waals surface area contributed by atoms with Crippen LogP contribution in [0.1, 0.15) is 13.3 Å². The van der Waals surface area contributed by atoms with Crippen LogP contribution in [0.3, 0.4) is 0 Å². The number of hydrogen-bond acceptors (Lipinski definition) is 5. The molecule has 0 radical (unpaired) electrons. The summed E-state index contributed by atoms with van der Waals surface area (Å²) in [5.41, 5.74) is 5.37. The fraction of sp³-hybridized carbons (Fsp3) is 0.417. The van der Waals surface area contributed by atoms with Crippen LogP contribution < -0.4 is 5.73 Å². The maximum absolute atomic E-state index is 12.3. The summed E-state index contributed by atoms with van der Waals surface area (Å²) in [6.45, 7) is 1.59. The van der Waals surface area contributed by atoms with Gasteiger partial charge in [-0.25, -0.2) is 8.42 Å². The van der Waals surface area contributed by atoms with Crippen LogP contribution in [0.2, 0.25) is 0 Å². The van der Waals surface area contributed by atoms with Gasteiger partial charge in [0.15, 0.2) is 9.84 Å². The highest BCUT2D eigenvalue weighted by Crippen LogP contribution is 2.26. The predicted molar refractivity (Wildman–Crippen MR) is 83.5 cm³/mol. The van der Waals surface area contributed by atoms with Crippen LogP contribution in [0, 0.1) is 0 Å². The first-order valence-electron chi connectivity index (χ1n) is 5.84. The number of carbonyl (C=O) groups is 1. The molecule has 2 atom stereocenters. The average molecular weight is 382 g/mol. The van der Waals surface area contributed by atoms with Crippen LogP contribution in [0.25, 0.3) is 0 Å². The highest BCUT2D eigenvalue weighted by Gasteiger charge is 2.24. The lowest BCUT2D eigenvalue weighted by Crippen LogP contribution is -2.30. The van der Waals surface area contributed by atoms with Crippen molar-refractivity contribution in [2.45, 2.75) is 28.9 Å². The molecule has 3 N–H and O–H groups in total. The zero-order chi connectivity index (χ0) is 15.3. The highest BCUT2D eigenvalue weighted by atomic mass is 79.9. The Bertz CT molecular complexity index is 559. The Balaban J connectivity index is 2.64. The molecular formula is C12H16BrNO4S2. The topological polar surface area (TPSA) is 97.5 Å². The number of sulfone groups is 1. The van der Waals surface area contributed by atoms with Crippen LogP contribution in [0.15, 0.2) is 33.6 Å². The van der Waals surface area contributed by atoms with Crippen molar-refractivity contribution in [3.05, 3.63) is 28.7 Å². The van der Waals surface area contributed by atoms with Crippen molar-refractivity contribution in [2.24, 2.45) is 5.73 Å². The van der Waals surface area contributed by atoms with Gasteiger partial charge in [-0.2, -0.15) is 0 Å². The van der Waals surface area contributed by atoms with Gasteiger partial charge in [0.05, 0.1) is 4.90 Å². The van der Waals surface area contributed by atoms with Crippen LogP contribution in [-0.2, 0) is 14.6 Å². The summed E-state index contributed by atoms with van der Waals surface area (Å²) >= 11 is 4.44. The molecule has 0 fully saturated rings. The van der Waals surface area contributed by atoms with Crippen molar-refractivity contribution in [1.82, 2.24) is 0 Å². The monoisotopic (exact) mass is 381 g/mol. The van der Waals surface area contributed by atoms with Gasteiger partial charge >= 0.3 is 5.97 Å². The van der Waals surface area contributed by atoms with Gasteiger partial charge in [0.1, 0.15) is 10.6 Å². The molecule has 1 rings (SSSR count). The molecule has 8 heteroatoms. The smallest absolute Gasteiger partial charge is 0.320 e. The third-order valence-electron chi connectivity index (χ3n) is 2.68. The summed E-state index contributed by atoms with van der Waals surface area (Å²) in [7, 11) is -3.42. The van der Waals surface area contributed by atoms with Crippen molar-refractivity contribution in [3.8, 4) is 0 Å². The number of rotatable bonds is 7. The summed E-state index contributed by atoms with van der Waals surface area (Å²) < 4.78 is 24.7. The number of aliphatic carboxylic acids is 1. The predicted octanol–water partition coefficient (Wildman–Crippen LogP) is 2.10. The Morgan fingerprint density at radius 3 is 2.45 bits per heavy atom. The lowest BCUT2D eigenvalue weighted by molar-refractivity contribution is -0.138. The second-order valence-electron chi connectivity index (χ2n) is 4.17. The number of carboxylic acids is 1. The zero-order valence-electron chi connectivity index (χ0n) is 10.8. The van der Waals surface area contributed by atoms with Gasteiger partial charge in [0.2, 0.25) is 0 Å². The molecule has 0 saturated carbocycles. The molecule has 0 saturated heterocycles. The van der Waals surface area contributed by atoms with E-state index in [9.17, 15) is 13.2 Å². The Morgan fingerprint density at radius 2 is 1.95 bits per heavy atom. The fourth-order valence-electron chi connectivity index (χ4n) is 1.39. The third-order valence-corrected chi connectivity index (χ3v) is 7.12. The second kappa shape index (κ2) is 7.44. The van der Waals surface area contributed by atoms with Gasteiger partial charge in [-0.1, -0.05) is 15.9 Å². The van der Waals surface area contributed by atoms with Crippen LogP contribution in [0.5, 0.6) is 0 Å². The van der Waals surface area contributed by atoms with Gasteiger partial charge < -0.3 is 10.8 Å². The van der Waals surface area contributed by atoms with E-state index in [1.54, 1.807) is 31.2 Å². The minimum atomic E-state index is -3.42. The van der Waals surface area contributed by atoms with Crippen molar-refractivity contribution in [1.29, 1.82) is 0 Å². The van der Waals surface area contributed by atoms with E-state index in [1.165, 1.54) is 11.8 Å². The van der Waals surface area contributed by atoms with Gasteiger partial charge in [-0.05, 0) is 43.4 Å². The molecule has 0 spiro atoms. The highest BCUT2D eigenvalue weighted by molar-refractivity contribution is 9.10. The van der Waals surface area contributed by atoms with Crippen LogP contribution in [0.4, 0.5) is 0 Å². The second-order valence-corrected chi connectivity index (χ2v) is 9.10. The molecule has 0 aromatic heterocycles. The molecule has 0 amide bonds. The molecule has 1 aromatic rings. The quantitative estimate of drug-likeness (QED) is 0.750. The number of benzene rings is 1. The van der Waals surface area contributed by atoms with E-state index in [1.807, 2.05) is 0 Å². The van der Waals surface area contributed by atoms with Crippen molar-refractivity contribution in [2.75, 3.05) is 5.75 Å². The molecule has 20 heavy (non-hydrogen) atoms. The summed E-state index contributed by atoms with van der Waals surface area (Å²) in [5.74, 6) is -0.696. The Labute approximate surface area is 131 Å². The summed E-state index contributed by atoms with van der Waals surface area (Å²) in [5, 5.41) is 8.65. The van der Waals surface area contributed by atoms with Gasteiger partial charge in [-0.15, -0.1) is 11.8 Å². The molecule has 0 heterocycles. The number of carboxylic acid groups (broad SMARTS) is 1. The fourth-order valence-corrected chi connectivity index (χ4v) is 4.61. The molecule has 1 aromatic carbocycles. The first kappa shape index (κ1) is 17.5. The molecule has 0 bridgehead atoms. The number of thioether (sulfide) groups is 1. The van der Waals surface area contributed by atoms with E-state index in [-0.39, 0.29) is 11.3 Å². The van der Waals surface area contributed by atoms with Crippen LogP contribution >= 0.6 is 27.7 Å². The largest absolute Gasteiger partial charge is 0.480 e. The first-order valence-corrected chi connectivity index (χ1v) is 9.23. The van der Waals surface area contributed by atoms with E-state index in [0.717, 1.165) is 4.47 Å². The molecule has 5 nitrogen and oxygen atoms in total. The molecule has 0 aliphatic rings. The van der Waals surface area contributed by atoms with E-state index in [4.69, 9.17) is 10.8 Å². The minimum Gasteiger partial charge on any atom is -0.480 e. The molecular weight excluding hydrogens is 366 g/mol. The lowest BCUT2D eigenvalue weighted by Gasteiger charge is -2.13. The number of nitrogens with two attached hydrogens (primary N) is 1.